The Kier molecular flexibility index (Phi) is 6.31. The molecule has 0 aromatic heterocycles. The first-order valence-electron chi connectivity index (χ1n) is 5.31. The van der Waals surface area contributed by atoms with Crippen LogP contribution >= 0.6 is 0 Å². The van der Waals surface area contributed by atoms with E-state index in [1.54, 1.807) is 0 Å². The van der Waals surface area contributed by atoms with Crippen molar-refractivity contribution in [2.24, 2.45) is 0 Å². The number of aliphatic carboxylic acids is 2. The molecule has 0 radical (unpaired) electrons. The first-order valence-corrected chi connectivity index (χ1v) is 5.31. The van der Waals surface area contributed by atoms with Gasteiger partial charge in [0.1, 0.15) is 12.6 Å². The molecule has 9 nitrogen and oxygen atoms in total. The SMILES string of the molecule is CN(C)C(=O)CN(C)C(=O)N[C@H](CC(=O)O)C(=O)O. The van der Waals surface area contributed by atoms with Crippen LogP contribution in [0.4, 0.5) is 4.79 Å². The summed E-state index contributed by atoms with van der Waals surface area (Å²) in [6, 6.07) is -2.37. The molecule has 0 spiro atoms. The summed E-state index contributed by atoms with van der Waals surface area (Å²) in [5.74, 6) is -3.15. The number of carboxylic acid groups (broad SMARTS) is 2. The molecule has 0 aliphatic carbocycles. The van der Waals surface area contributed by atoms with Gasteiger partial charge >= 0.3 is 18.0 Å². The van der Waals surface area contributed by atoms with Gasteiger partial charge in [-0.15, -0.1) is 0 Å². The molecule has 0 rings (SSSR count). The number of urea groups is 1. The quantitative estimate of drug-likeness (QED) is 0.549. The molecule has 0 unspecified atom stereocenters. The smallest absolute Gasteiger partial charge is 0.326 e. The Morgan fingerprint density at radius 3 is 2.00 bits per heavy atom. The molecule has 9 heteroatoms. The van der Waals surface area contributed by atoms with Crippen molar-refractivity contribution in [3.05, 3.63) is 0 Å². The molecule has 0 aromatic rings. The lowest BCUT2D eigenvalue weighted by atomic mass is 10.2. The minimum Gasteiger partial charge on any atom is -0.481 e. The summed E-state index contributed by atoms with van der Waals surface area (Å²) in [6.45, 7) is -0.238. The number of carboxylic acids is 2. The number of hydrogen-bond acceptors (Lipinski definition) is 4. The van der Waals surface area contributed by atoms with E-state index in [1.165, 1.54) is 26.0 Å². The lowest BCUT2D eigenvalue weighted by Gasteiger charge is -2.21. The molecule has 0 saturated heterocycles. The fourth-order valence-corrected chi connectivity index (χ4v) is 1.05. The van der Waals surface area contributed by atoms with E-state index in [0.717, 1.165) is 4.90 Å². The van der Waals surface area contributed by atoms with Crippen LogP contribution in [0.5, 0.6) is 0 Å². The van der Waals surface area contributed by atoms with Gasteiger partial charge in [0.15, 0.2) is 0 Å². The highest BCUT2D eigenvalue weighted by Gasteiger charge is 2.25. The van der Waals surface area contributed by atoms with Gasteiger partial charge in [-0.25, -0.2) is 9.59 Å². The Balaban J connectivity index is 4.51. The second-order valence-corrected chi connectivity index (χ2v) is 4.08. The zero-order chi connectivity index (χ0) is 15.2. The van der Waals surface area contributed by atoms with Crippen molar-refractivity contribution in [3.8, 4) is 0 Å². The summed E-state index contributed by atoms with van der Waals surface area (Å²) in [6.07, 6.45) is -0.740. The van der Waals surface area contributed by atoms with Crippen molar-refractivity contribution in [3.63, 3.8) is 0 Å². The van der Waals surface area contributed by atoms with Crippen LogP contribution in [0.2, 0.25) is 0 Å². The zero-order valence-corrected chi connectivity index (χ0v) is 10.9. The topological polar surface area (TPSA) is 127 Å². The number of likely N-dealkylation sites (N-methyl/N-ethyl adjacent to an activating group) is 2. The first-order chi connectivity index (χ1) is 8.65. The third-order valence-electron chi connectivity index (χ3n) is 2.19. The van der Waals surface area contributed by atoms with E-state index in [9.17, 15) is 19.2 Å². The molecule has 108 valence electrons. The van der Waals surface area contributed by atoms with Crippen LogP contribution in [-0.4, -0.2) is 77.6 Å². The maximum atomic E-state index is 11.6. The van der Waals surface area contributed by atoms with Crippen molar-refractivity contribution in [1.29, 1.82) is 0 Å². The second-order valence-electron chi connectivity index (χ2n) is 4.08. The Bertz CT molecular complexity index is 381. The van der Waals surface area contributed by atoms with Crippen molar-refractivity contribution in [2.75, 3.05) is 27.7 Å². The average Bonchev–Trinajstić information content (AvgIpc) is 2.26. The van der Waals surface area contributed by atoms with Crippen LogP contribution in [0.1, 0.15) is 6.42 Å². The molecule has 3 amide bonds. The fraction of sp³-hybridized carbons (Fsp3) is 0.600. The number of carbonyl (C=O) groups excluding carboxylic acids is 2. The highest BCUT2D eigenvalue weighted by Crippen LogP contribution is 1.96. The van der Waals surface area contributed by atoms with Crippen molar-refractivity contribution < 1.29 is 29.4 Å². The van der Waals surface area contributed by atoms with E-state index in [2.05, 4.69) is 0 Å². The molecule has 3 N–H and O–H groups in total. The molecule has 0 fully saturated rings. The number of rotatable bonds is 6. The maximum Gasteiger partial charge on any atom is 0.326 e. The van der Waals surface area contributed by atoms with E-state index in [0.29, 0.717) is 0 Å². The van der Waals surface area contributed by atoms with Gasteiger partial charge in [0, 0.05) is 21.1 Å². The summed E-state index contributed by atoms with van der Waals surface area (Å²) in [7, 11) is 4.33. The van der Waals surface area contributed by atoms with Gasteiger partial charge < -0.3 is 25.3 Å². The summed E-state index contributed by atoms with van der Waals surface area (Å²) in [4.78, 5) is 46.4. The molecule has 0 saturated carbocycles. The molecule has 0 aliphatic rings. The van der Waals surface area contributed by atoms with Gasteiger partial charge in [-0.3, -0.25) is 9.59 Å². The van der Waals surface area contributed by atoms with E-state index in [1.807, 2.05) is 5.32 Å². The van der Waals surface area contributed by atoms with Crippen molar-refractivity contribution >= 4 is 23.9 Å². The maximum absolute atomic E-state index is 11.6. The Morgan fingerprint density at radius 2 is 1.63 bits per heavy atom. The molecule has 0 aliphatic heterocycles. The zero-order valence-electron chi connectivity index (χ0n) is 10.9. The van der Waals surface area contributed by atoms with Crippen LogP contribution in [-0.2, 0) is 14.4 Å². The molecular formula is C10H17N3O6. The lowest BCUT2D eigenvalue weighted by molar-refractivity contribution is -0.145. The summed E-state index contributed by atoms with van der Waals surface area (Å²) in [5.41, 5.74) is 0. The Hall–Kier alpha value is -2.32. The van der Waals surface area contributed by atoms with Crippen LogP contribution in [0.15, 0.2) is 0 Å². The normalized spacial score (nSPS) is 11.3. The third-order valence-corrected chi connectivity index (χ3v) is 2.19. The van der Waals surface area contributed by atoms with Crippen molar-refractivity contribution in [2.45, 2.75) is 12.5 Å². The highest BCUT2D eigenvalue weighted by atomic mass is 16.4. The minimum atomic E-state index is -1.54. The summed E-state index contributed by atoms with van der Waals surface area (Å²) >= 11 is 0. The predicted octanol–water partition coefficient (Wildman–Crippen LogP) is -1.36. The van der Waals surface area contributed by atoms with Gasteiger partial charge in [0.25, 0.3) is 0 Å². The molecule has 1 atom stereocenters. The van der Waals surface area contributed by atoms with Crippen LogP contribution in [0.3, 0.4) is 0 Å². The van der Waals surface area contributed by atoms with Crippen LogP contribution in [0.25, 0.3) is 0 Å². The average molecular weight is 275 g/mol. The van der Waals surface area contributed by atoms with E-state index in [-0.39, 0.29) is 12.5 Å². The number of nitrogens with one attached hydrogen (secondary N) is 1. The van der Waals surface area contributed by atoms with Gasteiger partial charge in [-0.05, 0) is 0 Å². The van der Waals surface area contributed by atoms with Gasteiger partial charge in [-0.2, -0.15) is 0 Å². The Labute approximate surface area is 109 Å². The lowest BCUT2D eigenvalue weighted by Crippen LogP contribution is -2.49. The van der Waals surface area contributed by atoms with E-state index < -0.39 is 30.4 Å². The largest absolute Gasteiger partial charge is 0.481 e. The number of carbonyl (C=O) groups is 4. The number of nitrogens with zero attached hydrogens (tertiary/aromatic N) is 2. The first kappa shape index (κ1) is 16.7. The highest BCUT2D eigenvalue weighted by molar-refractivity contribution is 5.88. The minimum absolute atomic E-state index is 0.238. The second kappa shape index (κ2) is 7.19. The van der Waals surface area contributed by atoms with Gasteiger partial charge in [-0.1, -0.05) is 0 Å². The molecule has 0 aromatic carbocycles. The summed E-state index contributed by atoms with van der Waals surface area (Å²) in [5, 5.41) is 19.3. The molecule has 0 bridgehead atoms. The van der Waals surface area contributed by atoms with E-state index >= 15 is 0 Å². The Morgan fingerprint density at radius 1 is 1.11 bits per heavy atom. The number of amides is 3. The predicted molar refractivity (Wildman–Crippen MR) is 63.5 cm³/mol. The van der Waals surface area contributed by atoms with Gasteiger partial charge in [0.2, 0.25) is 5.91 Å². The molecule has 19 heavy (non-hydrogen) atoms. The standard InChI is InChI=1S/C10H17N3O6/c1-12(2)7(14)5-13(3)10(19)11-6(9(17)18)4-8(15)16/h6H,4-5H2,1-3H3,(H,11,19)(H,15,16)(H,17,18)/t6-/m1/s1. The third kappa shape index (κ3) is 6.24. The van der Waals surface area contributed by atoms with Crippen molar-refractivity contribution in [1.82, 2.24) is 15.1 Å². The summed E-state index contributed by atoms with van der Waals surface area (Å²) < 4.78 is 0. The van der Waals surface area contributed by atoms with Crippen LogP contribution < -0.4 is 5.32 Å². The fourth-order valence-electron chi connectivity index (χ4n) is 1.05. The van der Waals surface area contributed by atoms with Gasteiger partial charge in [0.05, 0.1) is 6.42 Å². The molecular weight excluding hydrogens is 258 g/mol. The monoisotopic (exact) mass is 275 g/mol. The molecule has 0 heterocycles. The van der Waals surface area contributed by atoms with E-state index in [4.69, 9.17) is 10.2 Å². The number of hydrogen-bond donors (Lipinski definition) is 3. The van der Waals surface area contributed by atoms with Crippen LogP contribution in [0, 0.1) is 0 Å².